The third-order valence-corrected chi connectivity index (χ3v) is 2.58. The van der Waals surface area contributed by atoms with Gasteiger partial charge in [0.05, 0.1) is 12.7 Å². The third kappa shape index (κ3) is 0.826. The van der Waals surface area contributed by atoms with Crippen LogP contribution in [0.3, 0.4) is 0 Å². The van der Waals surface area contributed by atoms with E-state index < -0.39 is 0 Å². The summed E-state index contributed by atoms with van der Waals surface area (Å²) in [6, 6.07) is 0. The van der Waals surface area contributed by atoms with Gasteiger partial charge in [-0.15, -0.1) is 11.3 Å². The Morgan fingerprint density at radius 3 is 3.09 bits per heavy atom. The molecule has 3 nitrogen and oxygen atoms in total. The van der Waals surface area contributed by atoms with E-state index in [1.54, 1.807) is 0 Å². The van der Waals surface area contributed by atoms with Crippen LogP contribution in [0.1, 0.15) is 15.2 Å². The fraction of sp³-hybridized carbons (Fsp3) is 0.286. The minimum atomic E-state index is -0.264. The van der Waals surface area contributed by atoms with E-state index in [-0.39, 0.29) is 5.97 Å². The molecule has 11 heavy (non-hydrogen) atoms. The molecule has 0 saturated heterocycles. The zero-order chi connectivity index (χ0) is 7.84. The van der Waals surface area contributed by atoms with Crippen LogP contribution in [0, 0.1) is 0 Å². The molecule has 0 N–H and O–H groups in total. The van der Waals surface area contributed by atoms with Crippen molar-refractivity contribution in [2.24, 2.45) is 0 Å². The molecule has 1 aliphatic rings. The lowest BCUT2D eigenvalue weighted by Gasteiger charge is -2.15. The first kappa shape index (κ1) is 6.67. The first-order valence-electron chi connectivity index (χ1n) is 3.14. The van der Waals surface area contributed by atoms with E-state index >= 15 is 0 Å². The number of methoxy groups -OCH3 is 1. The molecule has 0 bridgehead atoms. The highest BCUT2D eigenvalue weighted by atomic mass is 32.1. The summed E-state index contributed by atoms with van der Waals surface area (Å²) in [5.41, 5.74) is 0.988. The molecule has 0 spiro atoms. The fourth-order valence-corrected chi connectivity index (χ4v) is 1.87. The molecule has 58 valence electrons. The third-order valence-electron chi connectivity index (χ3n) is 1.60. The maximum absolute atomic E-state index is 11.0. The largest absolute Gasteiger partial charge is 0.487 e. The monoisotopic (exact) mass is 170 g/mol. The van der Waals surface area contributed by atoms with Crippen LogP contribution in [0.2, 0.25) is 0 Å². The summed E-state index contributed by atoms with van der Waals surface area (Å²) < 4.78 is 9.63. The van der Waals surface area contributed by atoms with E-state index in [2.05, 4.69) is 4.74 Å². The molecule has 0 fully saturated rings. The molecule has 2 rings (SSSR count). The predicted molar refractivity (Wildman–Crippen MR) is 40.0 cm³/mol. The number of ether oxygens (including phenoxy) is 2. The van der Waals surface area contributed by atoms with Crippen LogP contribution >= 0.6 is 11.3 Å². The highest BCUT2D eigenvalue weighted by Gasteiger charge is 2.25. The molecule has 0 unspecified atom stereocenters. The summed E-state index contributed by atoms with van der Waals surface area (Å²) in [7, 11) is 1.38. The van der Waals surface area contributed by atoms with Gasteiger partial charge in [0.2, 0.25) is 0 Å². The Kier molecular flexibility index (Phi) is 1.35. The van der Waals surface area contributed by atoms with Gasteiger partial charge >= 0.3 is 5.97 Å². The van der Waals surface area contributed by atoms with Crippen molar-refractivity contribution >= 4 is 17.3 Å². The summed E-state index contributed by atoms with van der Waals surface area (Å²) in [4.78, 5) is 11.7. The van der Waals surface area contributed by atoms with Crippen LogP contribution in [0.15, 0.2) is 5.38 Å². The SMILES string of the molecule is COC(=O)c1scc2c1CO2. The zero-order valence-electron chi connectivity index (χ0n) is 5.92. The second kappa shape index (κ2) is 2.23. The average Bonchev–Trinajstić information content (AvgIpc) is 2.25. The Labute approximate surface area is 67.5 Å². The molecule has 1 aromatic rings. The summed E-state index contributed by atoms with van der Waals surface area (Å²) in [6.07, 6.45) is 0. The number of carbonyl (C=O) groups is 1. The van der Waals surface area contributed by atoms with E-state index in [4.69, 9.17) is 4.74 Å². The number of esters is 1. The van der Waals surface area contributed by atoms with E-state index in [9.17, 15) is 4.79 Å². The average molecular weight is 170 g/mol. The summed E-state index contributed by atoms with van der Waals surface area (Å²) in [5.74, 6) is 0.565. The van der Waals surface area contributed by atoms with Crippen LogP contribution in [-0.2, 0) is 11.3 Å². The van der Waals surface area contributed by atoms with Crippen molar-refractivity contribution in [3.05, 3.63) is 15.8 Å². The van der Waals surface area contributed by atoms with Gasteiger partial charge in [0, 0.05) is 5.38 Å². The highest BCUT2D eigenvalue weighted by Crippen LogP contribution is 2.37. The lowest BCUT2D eigenvalue weighted by molar-refractivity contribution is 0.0600. The first-order valence-corrected chi connectivity index (χ1v) is 4.02. The van der Waals surface area contributed by atoms with Crippen LogP contribution < -0.4 is 4.74 Å². The Morgan fingerprint density at radius 2 is 2.64 bits per heavy atom. The topological polar surface area (TPSA) is 35.5 Å². The zero-order valence-corrected chi connectivity index (χ0v) is 6.73. The maximum atomic E-state index is 11.0. The molecule has 0 amide bonds. The van der Waals surface area contributed by atoms with Gasteiger partial charge < -0.3 is 9.47 Å². The summed E-state index contributed by atoms with van der Waals surface area (Å²) in [5, 5.41) is 1.82. The molecular weight excluding hydrogens is 164 g/mol. The second-order valence-electron chi connectivity index (χ2n) is 2.19. The van der Waals surface area contributed by atoms with E-state index in [0.717, 1.165) is 11.3 Å². The molecule has 0 aliphatic carbocycles. The van der Waals surface area contributed by atoms with Gasteiger partial charge in [0.1, 0.15) is 17.2 Å². The van der Waals surface area contributed by atoms with Gasteiger partial charge in [0.15, 0.2) is 0 Å². The van der Waals surface area contributed by atoms with Gasteiger partial charge in [-0.05, 0) is 0 Å². The lowest BCUT2D eigenvalue weighted by atomic mass is 10.2. The van der Waals surface area contributed by atoms with Gasteiger partial charge in [-0.2, -0.15) is 0 Å². The molecule has 1 aliphatic heterocycles. The first-order chi connectivity index (χ1) is 5.33. The number of hydrogen-bond donors (Lipinski definition) is 0. The highest BCUT2D eigenvalue weighted by molar-refractivity contribution is 7.12. The van der Waals surface area contributed by atoms with Gasteiger partial charge in [0.25, 0.3) is 0 Å². The molecule has 4 heteroatoms. The van der Waals surface area contributed by atoms with Gasteiger partial charge in [-0.25, -0.2) is 4.79 Å². The maximum Gasteiger partial charge on any atom is 0.348 e. The van der Waals surface area contributed by atoms with E-state index in [1.807, 2.05) is 5.38 Å². The summed E-state index contributed by atoms with van der Waals surface area (Å²) >= 11 is 1.37. The number of rotatable bonds is 1. The van der Waals surface area contributed by atoms with Crippen LogP contribution in [0.4, 0.5) is 0 Å². The number of thiophene rings is 1. The minimum absolute atomic E-state index is 0.264. The van der Waals surface area contributed by atoms with Crippen LogP contribution in [0.5, 0.6) is 5.75 Å². The Bertz CT molecular complexity index is 303. The van der Waals surface area contributed by atoms with E-state index in [1.165, 1.54) is 18.4 Å². The second-order valence-corrected chi connectivity index (χ2v) is 3.07. The smallest absolute Gasteiger partial charge is 0.348 e. The lowest BCUT2D eigenvalue weighted by Crippen LogP contribution is -2.11. The number of carbonyl (C=O) groups excluding carboxylic acids is 1. The Hall–Kier alpha value is -1.03. The molecule has 1 aromatic heterocycles. The van der Waals surface area contributed by atoms with Crippen molar-refractivity contribution in [2.75, 3.05) is 7.11 Å². The van der Waals surface area contributed by atoms with Gasteiger partial charge in [-0.3, -0.25) is 0 Å². The quantitative estimate of drug-likeness (QED) is 0.598. The van der Waals surface area contributed by atoms with Crippen molar-refractivity contribution in [3.8, 4) is 5.75 Å². The normalized spacial score (nSPS) is 12.8. The van der Waals surface area contributed by atoms with Crippen molar-refractivity contribution in [1.29, 1.82) is 0 Å². The molecule has 0 saturated carbocycles. The standard InChI is InChI=1S/C7H6O3S/c1-9-7(8)6-4-2-10-5(4)3-11-6/h3H,2H2,1H3. The Balaban J connectivity index is 2.38. The van der Waals surface area contributed by atoms with Crippen molar-refractivity contribution in [3.63, 3.8) is 0 Å². The predicted octanol–water partition coefficient (Wildman–Crippen LogP) is 1.43. The van der Waals surface area contributed by atoms with Gasteiger partial charge in [-0.1, -0.05) is 0 Å². The minimum Gasteiger partial charge on any atom is -0.487 e. The molecule has 2 heterocycles. The number of fused-ring (bicyclic) bond motifs is 1. The fourth-order valence-electron chi connectivity index (χ4n) is 0.958. The van der Waals surface area contributed by atoms with Crippen LogP contribution in [0.25, 0.3) is 0 Å². The molecular formula is C7H6O3S. The number of hydrogen-bond acceptors (Lipinski definition) is 4. The molecule has 0 aromatic carbocycles. The van der Waals surface area contributed by atoms with Crippen LogP contribution in [-0.4, -0.2) is 13.1 Å². The molecule has 0 radical (unpaired) electrons. The van der Waals surface area contributed by atoms with Crippen molar-refractivity contribution < 1.29 is 14.3 Å². The van der Waals surface area contributed by atoms with E-state index in [0.29, 0.717) is 11.5 Å². The molecule has 0 atom stereocenters. The Morgan fingerprint density at radius 1 is 1.82 bits per heavy atom. The summed E-state index contributed by atoms with van der Waals surface area (Å²) in [6.45, 7) is 0.545. The van der Waals surface area contributed by atoms with Crippen molar-refractivity contribution in [2.45, 2.75) is 6.61 Å². The van der Waals surface area contributed by atoms with Crippen molar-refractivity contribution in [1.82, 2.24) is 0 Å².